The molecule has 21 heavy (non-hydrogen) atoms. The highest BCUT2D eigenvalue weighted by Gasteiger charge is 2.22. The van der Waals surface area contributed by atoms with Crippen LogP contribution < -0.4 is 14.8 Å². The fraction of sp³-hybridized carbons (Fsp3) is 0.214. The number of rotatable bonds is 4. The molecule has 0 saturated carbocycles. The number of fused-ring (bicyclic) bond motifs is 1. The second-order valence-corrected chi connectivity index (χ2v) is 4.51. The Morgan fingerprint density at radius 2 is 2.10 bits per heavy atom. The predicted molar refractivity (Wildman–Crippen MR) is 75.7 cm³/mol. The lowest BCUT2D eigenvalue weighted by molar-refractivity contribution is -0.384. The molecule has 0 radical (unpaired) electrons. The second-order valence-electron chi connectivity index (χ2n) is 4.51. The zero-order valence-corrected chi connectivity index (χ0v) is 11.1. The Kier molecular flexibility index (Phi) is 3.55. The van der Waals surface area contributed by atoms with Gasteiger partial charge in [0, 0.05) is 12.3 Å². The van der Waals surface area contributed by atoms with Gasteiger partial charge in [0.1, 0.15) is 12.7 Å². The van der Waals surface area contributed by atoms with Crippen LogP contribution in [0.3, 0.4) is 0 Å². The Hall–Kier alpha value is -2.83. The molecule has 0 unspecified atom stereocenters. The minimum absolute atomic E-state index is 0.0605. The smallest absolute Gasteiger partial charge is 0.311 e. The number of nitro groups is 1. The topological polar surface area (TPSA) is 86.5 Å². The summed E-state index contributed by atoms with van der Waals surface area (Å²) in [6.45, 7) is 0.747. The van der Waals surface area contributed by atoms with Crippen LogP contribution in [-0.2, 0) is 0 Å². The van der Waals surface area contributed by atoms with Crippen molar-refractivity contribution in [2.75, 3.05) is 18.5 Å². The van der Waals surface area contributed by atoms with Gasteiger partial charge in [0.15, 0.2) is 11.5 Å². The van der Waals surface area contributed by atoms with Crippen molar-refractivity contribution in [1.29, 1.82) is 0 Å². The minimum Gasteiger partial charge on any atom is -0.486 e. The summed E-state index contributed by atoms with van der Waals surface area (Å²) in [5.41, 5.74) is -0.0605. The number of pyridine rings is 1. The Morgan fingerprint density at radius 1 is 1.29 bits per heavy atom. The van der Waals surface area contributed by atoms with Crippen molar-refractivity contribution in [2.45, 2.75) is 6.10 Å². The van der Waals surface area contributed by atoms with Gasteiger partial charge < -0.3 is 14.8 Å². The Morgan fingerprint density at radius 3 is 2.90 bits per heavy atom. The van der Waals surface area contributed by atoms with E-state index in [0.717, 1.165) is 0 Å². The first-order chi connectivity index (χ1) is 10.2. The van der Waals surface area contributed by atoms with Gasteiger partial charge in [-0.25, -0.2) is 4.98 Å². The summed E-state index contributed by atoms with van der Waals surface area (Å²) < 4.78 is 11.4. The number of ether oxygens (including phenoxy) is 2. The molecule has 0 amide bonds. The molecule has 1 N–H and O–H groups in total. The minimum atomic E-state index is -0.469. The highest BCUT2D eigenvalue weighted by Crippen LogP contribution is 2.31. The van der Waals surface area contributed by atoms with Gasteiger partial charge in [-0.05, 0) is 18.2 Å². The van der Waals surface area contributed by atoms with Crippen molar-refractivity contribution in [3.05, 3.63) is 52.7 Å². The van der Waals surface area contributed by atoms with Crippen LogP contribution in [0.5, 0.6) is 11.5 Å². The molecule has 7 heteroatoms. The van der Waals surface area contributed by atoms with E-state index < -0.39 is 4.92 Å². The normalized spacial score (nSPS) is 16.3. The van der Waals surface area contributed by atoms with Gasteiger partial charge in [0.2, 0.25) is 5.82 Å². The van der Waals surface area contributed by atoms with Crippen LogP contribution in [0.15, 0.2) is 42.6 Å². The van der Waals surface area contributed by atoms with Crippen LogP contribution in [0.25, 0.3) is 0 Å². The number of nitrogens with zero attached hydrogens (tertiary/aromatic N) is 2. The van der Waals surface area contributed by atoms with Gasteiger partial charge in [-0.2, -0.15) is 0 Å². The van der Waals surface area contributed by atoms with E-state index in [1.54, 1.807) is 0 Å². The summed E-state index contributed by atoms with van der Waals surface area (Å²) in [7, 11) is 0. The largest absolute Gasteiger partial charge is 0.486 e. The lowest BCUT2D eigenvalue weighted by Gasteiger charge is -2.26. The van der Waals surface area contributed by atoms with Crippen molar-refractivity contribution in [3.63, 3.8) is 0 Å². The van der Waals surface area contributed by atoms with E-state index in [1.165, 1.54) is 18.3 Å². The monoisotopic (exact) mass is 287 g/mol. The molecule has 0 fully saturated rings. The third-order valence-corrected chi connectivity index (χ3v) is 3.05. The fourth-order valence-electron chi connectivity index (χ4n) is 2.05. The molecule has 108 valence electrons. The quantitative estimate of drug-likeness (QED) is 0.685. The molecule has 1 aromatic carbocycles. The molecule has 0 bridgehead atoms. The summed E-state index contributed by atoms with van der Waals surface area (Å²) in [5, 5.41) is 13.8. The predicted octanol–water partition coefficient (Wildman–Crippen LogP) is 2.24. The van der Waals surface area contributed by atoms with Crippen LogP contribution in [0.2, 0.25) is 0 Å². The number of benzene rings is 1. The Bertz CT molecular complexity index is 662. The van der Waals surface area contributed by atoms with Crippen LogP contribution in [-0.4, -0.2) is 29.2 Å². The number of aromatic nitrogens is 1. The van der Waals surface area contributed by atoms with Gasteiger partial charge in [0.05, 0.1) is 11.5 Å². The molecule has 0 aliphatic carbocycles. The average Bonchev–Trinajstić information content (AvgIpc) is 2.53. The van der Waals surface area contributed by atoms with E-state index in [9.17, 15) is 10.1 Å². The van der Waals surface area contributed by atoms with E-state index in [1.807, 2.05) is 24.3 Å². The molecule has 0 saturated heterocycles. The molecule has 1 atom stereocenters. The van der Waals surface area contributed by atoms with E-state index in [-0.39, 0.29) is 17.6 Å². The SMILES string of the molecule is O=[N+]([O-])c1cccnc1NC[C@@H]1COc2ccccc2O1. The van der Waals surface area contributed by atoms with Crippen molar-refractivity contribution in [3.8, 4) is 11.5 Å². The van der Waals surface area contributed by atoms with Crippen LogP contribution in [0.4, 0.5) is 11.5 Å². The van der Waals surface area contributed by atoms with Gasteiger partial charge in [0.25, 0.3) is 0 Å². The number of anilines is 1. The maximum absolute atomic E-state index is 10.9. The molecule has 3 rings (SSSR count). The molecular formula is C14H13N3O4. The van der Waals surface area contributed by atoms with Gasteiger partial charge >= 0.3 is 5.69 Å². The van der Waals surface area contributed by atoms with Crippen molar-refractivity contribution < 1.29 is 14.4 Å². The maximum Gasteiger partial charge on any atom is 0.311 e. The highest BCUT2D eigenvalue weighted by atomic mass is 16.6. The summed E-state index contributed by atoms with van der Waals surface area (Å²) in [6.07, 6.45) is 1.27. The first kappa shape index (κ1) is 13.2. The second kappa shape index (κ2) is 5.66. The number of hydrogen-bond acceptors (Lipinski definition) is 6. The van der Waals surface area contributed by atoms with Gasteiger partial charge in [-0.15, -0.1) is 0 Å². The fourth-order valence-corrected chi connectivity index (χ4v) is 2.05. The molecule has 2 aromatic rings. The molecule has 2 heterocycles. The van der Waals surface area contributed by atoms with E-state index in [2.05, 4.69) is 10.3 Å². The Balaban J connectivity index is 1.66. The summed E-state index contributed by atoms with van der Waals surface area (Å²) in [4.78, 5) is 14.4. The lowest BCUT2D eigenvalue weighted by Crippen LogP contribution is -2.35. The molecule has 1 aliphatic rings. The zero-order valence-electron chi connectivity index (χ0n) is 11.1. The third kappa shape index (κ3) is 2.86. The maximum atomic E-state index is 10.9. The van der Waals surface area contributed by atoms with E-state index in [0.29, 0.717) is 24.7 Å². The first-order valence-electron chi connectivity index (χ1n) is 6.46. The number of nitrogens with one attached hydrogen (secondary N) is 1. The highest BCUT2D eigenvalue weighted by molar-refractivity contribution is 5.55. The summed E-state index contributed by atoms with van der Waals surface area (Å²) >= 11 is 0. The lowest BCUT2D eigenvalue weighted by atomic mass is 10.2. The molecule has 1 aliphatic heterocycles. The van der Waals surface area contributed by atoms with Crippen molar-refractivity contribution in [1.82, 2.24) is 4.98 Å². The van der Waals surface area contributed by atoms with Gasteiger partial charge in [-0.1, -0.05) is 12.1 Å². The standard InChI is InChI=1S/C14H13N3O4/c18-17(19)11-4-3-7-15-14(11)16-8-10-9-20-12-5-1-2-6-13(12)21-10/h1-7,10H,8-9H2,(H,15,16)/t10-/m1/s1. The van der Waals surface area contributed by atoms with Gasteiger partial charge in [-0.3, -0.25) is 10.1 Å². The summed E-state index contributed by atoms with van der Waals surface area (Å²) in [5.74, 6) is 1.61. The van der Waals surface area contributed by atoms with E-state index in [4.69, 9.17) is 9.47 Å². The molecule has 1 aromatic heterocycles. The number of para-hydroxylation sites is 2. The van der Waals surface area contributed by atoms with Crippen LogP contribution in [0.1, 0.15) is 0 Å². The number of hydrogen-bond donors (Lipinski definition) is 1. The Labute approximate surface area is 120 Å². The molecule has 7 nitrogen and oxygen atoms in total. The van der Waals surface area contributed by atoms with E-state index >= 15 is 0 Å². The first-order valence-corrected chi connectivity index (χ1v) is 6.46. The molecular weight excluding hydrogens is 274 g/mol. The summed E-state index contributed by atoms with van der Waals surface area (Å²) in [6, 6.07) is 10.3. The average molecular weight is 287 g/mol. The van der Waals surface area contributed by atoms with Crippen molar-refractivity contribution >= 4 is 11.5 Å². The van der Waals surface area contributed by atoms with Crippen molar-refractivity contribution in [2.24, 2.45) is 0 Å². The zero-order chi connectivity index (χ0) is 14.7. The van der Waals surface area contributed by atoms with Crippen LogP contribution in [0, 0.1) is 10.1 Å². The molecule has 0 spiro atoms. The van der Waals surface area contributed by atoms with Crippen LogP contribution >= 0.6 is 0 Å². The third-order valence-electron chi connectivity index (χ3n) is 3.05.